The summed E-state index contributed by atoms with van der Waals surface area (Å²) in [7, 11) is 1.23. The van der Waals surface area contributed by atoms with E-state index in [1.165, 1.54) is 30.0 Å². The number of nitriles is 2. The molecule has 232 valence electrons. The molecule has 0 spiro atoms. The van der Waals surface area contributed by atoms with Gasteiger partial charge in [-0.2, -0.15) is 22.3 Å². The van der Waals surface area contributed by atoms with Gasteiger partial charge in [0.2, 0.25) is 5.79 Å². The molecule has 0 saturated carbocycles. The molecule has 42 heavy (non-hydrogen) atoms. The fourth-order valence-corrected chi connectivity index (χ4v) is 5.26. The van der Waals surface area contributed by atoms with Crippen molar-refractivity contribution in [2.75, 3.05) is 25.2 Å². The fraction of sp³-hybridized carbons (Fsp3) is 0.679. The van der Waals surface area contributed by atoms with Crippen LogP contribution < -0.4 is 10.6 Å². The van der Waals surface area contributed by atoms with Crippen LogP contribution in [0.2, 0.25) is 0 Å². The summed E-state index contributed by atoms with van der Waals surface area (Å²) in [5.74, 6) is -0.641. The second-order valence-electron chi connectivity index (χ2n) is 12.0. The summed E-state index contributed by atoms with van der Waals surface area (Å²) in [5.41, 5.74) is -1.32. The van der Waals surface area contributed by atoms with Gasteiger partial charge < -0.3 is 34.3 Å². The minimum absolute atomic E-state index is 0.0511. The fourth-order valence-electron chi connectivity index (χ4n) is 4.12. The van der Waals surface area contributed by atoms with Crippen LogP contribution in [-0.4, -0.2) is 83.4 Å². The standard InChI is InChI=1S/C28H41N5O8S/c1-26(2,3)40-24(35)32-18(23(34)37-9)10-13-42-16-19-21-22(39-28(7,8)38-21)20(17(14-30)15-31-12-11-29)33(19)25(36)41-27(4,5)6/h15,18-19,21,31H,10,12-13,16H2,1-9H3,(H,32,35). The third kappa shape index (κ3) is 9.74. The average molecular weight is 608 g/mol. The molecule has 0 aromatic heterocycles. The molecule has 1 saturated heterocycles. The summed E-state index contributed by atoms with van der Waals surface area (Å²) in [6, 6.07) is 2.43. The lowest BCUT2D eigenvalue weighted by Gasteiger charge is -2.32. The number of carbonyl (C=O) groups is 3. The Hall–Kier alpha value is -3.62. The van der Waals surface area contributed by atoms with Gasteiger partial charge in [-0.1, -0.05) is 0 Å². The highest BCUT2D eigenvalue weighted by Crippen LogP contribution is 2.45. The lowest BCUT2D eigenvalue weighted by Crippen LogP contribution is -2.47. The molecule has 13 nitrogen and oxygen atoms in total. The van der Waals surface area contributed by atoms with Crippen molar-refractivity contribution >= 4 is 29.9 Å². The Kier molecular flexibility index (Phi) is 11.6. The molecule has 2 aliphatic heterocycles. The van der Waals surface area contributed by atoms with E-state index in [9.17, 15) is 19.6 Å². The quantitative estimate of drug-likeness (QED) is 0.121. The first-order chi connectivity index (χ1) is 19.4. The number of carbonyl (C=O) groups excluding carboxylic acids is 3. The van der Waals surface area contributed by atoms with E-state index < -0.39 is 53.3 Å². The van der Waals surface area contributed by atoms with E-state index in [0.717, 1.165) is 0 Å². The van der Waals surface area contributed by atoms with Gasteiger partial charge in [-0.05, 0) is 53.7 Å². The third-order valence-corrected chi connectivity index (χ3v) is 6.69. The molecule has 0 bridgehead atoms. The number of hydrogen-bond acceptors (Lipinski definition) is 12. The molecule has 0 aromatic rings. The number of hydrogen-bond donors (Lipinski definition) is 2. The van der Waals surface area contributed by atoms with Crippen LogP contribution in [0.15, 0.2) is 23.2 Å². The maximum absolute atomic E-state index is 13.5. The topological polar surface area (TPSA) is 172 Å². The van der Waals surface area contributed by atoms with Crippen molar-refractivity contribution in [2.45, 2.75) is 97.0 Å². The molecular weight excluding hydrogens is 566 g/mol. The van der Waals surface area contributed by atoms with Gasteiger partial charge in [-0.25, -0.2) is 14.4 Å². The van der Waals surface area contributed by atoms with Crippen LogP contribution >= 0.6 is 11.8 Å². The molecule has 2 N–H and O–H groups in total. The van der Waals surface area contributed by atoms with Crippen LogP contribution in [-0.2, 0) is 28.5 Å². The monoisotopic (exact) mass is 607 g/mol. The molecule has 14 heteroatoms. The average Bonchev–Trinajstić information content (AvgIpc) is 3.31. The predicted octanol–water partition coefficient (Wildman–Crippen LogP) is 3.68. The molecule has 3 unspecified atom stereocenters. The smallest absolute Gasteiger partial charge is 0.415 e. The zero-order chi connectivity index (χ0) is 31.9. The predicted molar refractivity (Wildman–Crippen MR) is 153 cm³/mol. The van der Waals surface area contributed by atoms with Crippen molar-refractivity contribution in [3.8, 4) is 12.1 Å². The molecule has 3 atom stereocenters. The first-order valence-electron chi connectivity index (χ1n) is 13.4. The molecule has 1 fully saturated rings. The Labute approximate surface area is 251 Å². The molecule has 2 amide bonds. The van der Waals surface area contributed by atoms with E-state index in [4.69, 9.17) is 28.9 Å². The van der Waals surface area contributed by atoms with Gasteiger partial charge >= 0.3 is 18.2 Å². The molecule has 0 radical (unpaired) electrons. The van der Waals surface area contributed by atoms with E-state index in [0.29, 0.717) is 17.3 Å². The van der Waals surface area contributed by atoms with Crippen molar-refractivity contribution in [2.24, 2.45) is 0 Å². The van der Waals surface area contributed by atoms with Gasteiger partial charge in [0.15, 0.2) is 5.76 Å². The molecule has 0 aliphatic carbocycles. The Morgan fingerprint density at radius 2 is 1.79 bits per heavy atom. The molecular formula is C28H41N5O8S. The minimum Gasteiger partial charge on any atom is -0.467 e. The van der Waals surface area contributed by atoms with E-state index in [2.05, 4.69) is 16.7 Å². The van der Waals surface area contributed by atoms with Crippen molar-refractivity contribution in [3.05, 3.63) is 23.2 Å². The van der Waals surface area contributed by atoms with Crippen LogP contribution in [0.5, 0.6) is 0 Å². The van der Waals surface area contributed by atoms with E-state index in [1.54, 1.807) is 55.4 Å². The number of nitrogens with one attached hydrogen (secondary N) is 2. The number of amides is 2. The van der Waals surface area contributed by atoms with Crippen molar-refractivity contribution in [1.29, 1.82) is 10.5 Å². The summed E-state index contributed by atoms with van der Waals surface area (Å²) in [5, 5.41) is 24.2. The Morgan fingerprint density at radius 3 is 2.33 bits per heavy atom. The number of alkyl carbamates (subject to hydrolysis) is 1. The molecule has 2 heterocycles. The molecule has 0 aromatic carbocycles. The number of thioether (sulfide) groups is 1. The maximum atomic E-state index is 13.5. The normalized spacial score (nSPS) is 20.5. The summed E-state index contributed by atoms with van der Waals surface area (Å²) < 4.78 is 28.1. The van der Waals surface area contributed by atoms with Crippen molar-refractivity contribution in [3.63, 3.8) is 0 Å². The lowest BCUT2D eigenvalue weighted by molar-refractivity contribution is -0.143. The summed E-state index contributed by atoms with van der Waals surface area (Å²) in [6.07, 6.45) is -0.576. The zero-order valence-corrected chi connectivity index (χ0v) is 26.5. The number of ether oxygens (including phenoxy) is 5. The first-order valence-corrected chi connectivity index (χ1v) is 14.6. The van der Waals surface area contributed by atoms with Crippen LogP contribution in [0, 0.1) is 22.7 Å². The van der Waals surface area contributed by atoms with Crippen LogP contribution in [0.25, 0.3) is 0 Å². The summed E-state index contributed by atoms with van der Waals surface area (Å²) >= 11 is 1.41. The zero-order valence-electron chi connectivity index (χ0n) is 25.7. The first kappa shape index (κ1) is 34.6. The highest BCUT2D eigenvalue weighted by molar-refractivity contribution is 7.99. The van der Waals surface area contributed by atoms with Gasteiger partial charge in [-0.15, -0.1) is 0 Å². The maximum Gasteiger partial charge on any atom is 0.415 e. The lowest BCUT2D eigenvalue weighted by atomic mass is 10.2. The number of esters is 1. The van der Waals surface area contributed by atoms with E-state index in [1.807, 2.05) is 6.07 Å². The third-order valence-electron chi connectivity index (χ3n) is 5.59. The van der Waals surface area contributed by atoms with Gasteiger partial charge in [0.1, 0.15) is 41.7 Å². The van der Waals surface area contributed by atoms with E-state index >= 15 is 0 Å². The van der Waals surface area contributed by atoms with Crippen LogP contribution in [0.3, 0.4) is 0 Å². The van der Waals surface area contributed by atoms with Gasteiger partial charge in [0, 0.05) is 25.8 Å². The van der Waals surface area contributed by atoms with Gasteiger partial charge in [0.05, 0.1) is 24.8 Å². The highest BCUT2D eigenvalue weighted by Gasteiger charge is 2.55. The second kappa shape index (κ2) is 14.0. The van der Waals surface area contributed by atoms with E-state index in [-0.39, 0.29) is 24.2 Å². The molecule has 2 aliphatic rings. The number of methoxy groups -OCH3 is 1. The highest BCUT2D eigenvalue weighted by atomic mass is 32.2. The number of nitrogens with zero attached hydrogens (tertiary/aromatic N) is 3. The largest absolute Gasteiger partial charge is 0.467 e. The number of allylic oxidation sites excluding steroid dienone is 1. The van der Waals surface area contributed by atoms with Crippen LogP contribution in [0.4, 0.5) is 9.59 Å². The minimum atomic E-state index is -1.03. The van der Waals surface area contributed by atoms with Crippen molar-refractivity contribution in [1.82, 2.24) is 15.5 Å². The van der Waals surface area contributed by atoms with Gasteiger partial charge in [-0.3, -0.25) is 4.90 Å². The summed E-state index contributed by atoms with van der Waals surface area (Å²) in [6.45, 7) is 13.7. The number of rotatable bonds is 10. The second-order valence-corrected chi connectivity index (χ2v) is 13.1. The van der Waals surface area contributed by atoms with Gasteiger partial charge in [0.25, 0.3) is 0 Å². The summed E-state index contributed by atoms with van der Waals surface area (Å²) in [4.78, 5) is 39.5. The Morgan fingerprint density at radius 1 is 1.14 bits per heavy atom. The SMILES string of the molecule is COC(=O)C(CCSCC1C2OC(C)(C)OC2=C(C(C#N)=CNCC#N)N1C(=O)OC(C)(C)C)NC(=O)OC(C)(C)C. The number of fused-ring (bicyclic) bond motifs is 1. The Balaban J connectivity index is 2.32. The van der Waals surface area contributed by atoms with Crippen molar-refractivity contribution < 1.29 is 38.1 Å². The Bertz CT molecular complexity index is 1170. The van der Waals surface area contributed by atoms with Crippen LogP contribution in [0.1, 0.15) is 61.8 Å². The molecule has 2 rings (SSSR count).